The van der Waals surface area contributed by atoms with Crippen LogP contribution in [0.4, 0.5) is 0 Å². The summed E-state index contributed by atoms with van der Waals surface area (Å²) in [6.45, 7) is 2.08. The van der Waals surface area contributed by atoms with E-state index in [1.54, 1.807) is 6.20 Å². The van der Waals surface area contributed by atoms with Crippen molar-refractivity contribution in [1.82, 2.24) is 4.98 Å². The molecule has 0 saturated carbocycles. The van der Waals surface area contributed by atoms with Gasteiger partial charge in [0.25, 0.3) is 0 Å². The second-order valence-electron chi connectivity index (χ2n) is 2.36. The Balaban J connectivity index is 2.70. The quantitative estimate of drug-likeness (QED) is 0.675. The molecule has 0 aliphatic carbocycles. The van der Waals surface area contributed by atoms with Crippen LogP contribution in [0, 0.1) is 0 Å². The lowest BCUT2D eigenvalue weighted by Crippen LogP contribution is -1.96. The zero-order valence-corrected chi connectivity index (χ0v) is 7.98. The van der Waals surface area contributed by atoms with Gasteiger partial charge in [0.1, 0.15) is 4.88 Å². The summed E-state index contributed by atoms with van der Waals surface area (Å²) in [6.07, 6.45) is 3.55. The number of carbonyl (C=O) groups excluding carboxylic acids is 1. The highest BCUT2D eigenvalue weighted by Gasteiger charge is 2.09. The van der Waals surface area contributed by atoms with Crippen molar-refractivity contribution in [1.29, 1.82) is 0 Å². The number of methoxy groups -OCH3 is 1. The summed E-state index contributed by atoms with van der Waals surface area (Å²) in [7, 11) is 1.38. The zero-order valence-electron chi connectivity index (χ0n) is 7.16. The zero-order chi connectivity index (χ0) is 8.97. The number of aromatic nitrogens is 1. The van der Waals surface area contributed by atoms with Crippen LogP contribution in [0.1, 0.15) is 28.0 Å². The molecular formula is C8H11NO2S. The second kappa shape index (κ2) is 4.21. The van der Waals surface area contributed by atoms with Crippen LogP contribution in [-0.2, 0) is 11.2 Å². The lowest BCUT2D eigenvalue weighted by molar-refractivity contribution is 0.0606. The minimum Gasteiger partial charge on any atom is -0.465 e. The number of hydrogen-bond donors (Lipinski definition) is 0. The van der Waals surface area contributed by atoms with Gasteiger partial charge in [0, 0.05) is 0 Å². The van der Waals surface area contributed by atoms with Crippen LogP contribution < -0.4 is 0 Å². The van der Waals surface area contributed by atoms with Crippen molar-refractivity contribution in [2.75, 3.05) is 7.11 Å². The van der Waals surface area contributed by atoms with Crippen molar-refractivity contribution in [2.45, 2.75) is 19.8 Å². The summed E-state index contributed by atoms with van der Waals surface area (Å²) in [5.74, 6) is -0.296. The van der Waals surface area contributed by atoms with Crippen molar-refractivity contribution in [3.8, 4) is 0 Å². The average Bonchev–Trinajstić information content (AvgIpc) is 2.52. The van der Waals surface area contributed by atoms with Crippen LogP contribution in [0.15, 0.2) is 6.20 Å². The number of thiazole rings is 1. The van der Waals surface area contributed by atoms with E-state index < -0.39 is 0 Å². The summed E-state index contributed by atoms with van der Waals surface area (Å²) in [5, 5.41) is 0.998. The lowest BCUT2D eigenvalue weighted by atomic mass is 10.4. The van der Waals surface area contributed by atoms with E-state index in [0.717, 1.165) is 17.8 Å². The Hall–Kier alpha value is -0.900. The first kappa shape index (κ1) is 9.19. The van der Waals surface area contributed by atoms with E-state index in [1.807, 2.05) is 0 Å². The molecule has 66 valence electrons. The molecule has 0 aliphatic rings. The Labute approximate surface area is 75.4 Å². The molecule has 0 spiro atoms. The SMILES string of the molecule is CCCc1ncc(C(=O)OC)s1. The predicted molar refractivity (Wildman–Crippen MR) is 47.4 cm³/mol. The fourth-order valence-electron chi connectivity index (χ4n) is 0.835. The third-order valence-corrected chi connectivity index (χ3v) is 2.44. The maximum Gasteiger partial charge on any atom is 0.349 e. The second-order valence-corrected chi connectivity index (χ2v) is 3.48. The third-order valence-electron chi connectivity index (χ3n) is 1.40. The largest absolute Gasteiger partial charge is 0.465 e. The Morgan fingerprint density at radius 2 is 2.50 bits per heavy atom. The van der Waals surface area contributed by atoms with E-state index in [2.05, 4.69) is 16.6 Å². The van der Waals surface area contributed by atoms with Crippen LogP contribution in [0.3, 0.4) is 0 Å². The lowest BCUT2D eigenvalue weighted by Gasteiger charge is -1.90. The first-order chi connectivity index (χ1) is 5.77. The topological polar surface area (TPSA) is 39.2 Å². The molecule has 0 radical (unpaired) electrons. The molecule has 0 fully saturated rings. The molecule has 0 unspecified atom stereocenters. The molecule has 3 nitrogen and oxygen atoms in total. The van der Waals surface area contributed by atoms with Crippen molar-refractivity contribution in [2.24, 2.45) is 0 Å². The van der Waals surface area contributed by atoms with Crippen LogP contribution >= 0.6 is 11.3 Å². The van der Waals surface area contributed by atoms with E-state index in [1.165, 1.54) is 18.4 Å². The smallest absolute Gasteiger partial charge is 0.349 e. The van der Waals surface area contributed by atoms with Gasteiger partial charge in [-0.1, -0.05) is 6.92 Å². The van der Waals surface area contributed by atoms with Gasteiger partial charge in [-0.3, -0.25) is 0 Å². The molecule has 0 saturated heterocycles. The van der Waals surface area contributed by atoms with E-state index in [9.17, 15) is 4.79 Å². The monoisotopic (exact) mass is 185 g/mol. The van der Waals surface area contributed by atoms with E-state index >= 15 is 0 Å². The first-order valence-corrected chi connectivity index (χ1v) is 4.62. The molecule has 1 aromatic heterocycles. The van der Waals surface area contributed by atoms with Gasteiger partial charge in [0.2, 0.25) is 0 Å². The van der Waals surface area contributed by atoms with Crippen LogP contribution in [-0.4, -0.2) is 18.1 Å². The summed E-state index contributed by atoms with van der Waals surface area (Å²) in [6, 6.07) is 0. The van der Waals surface area contributed by atoms with Gasteiger partial charge in [-0.05, 0) is 12.8 Å². The minimum atomic E-state index is -0.296. The molecule has 0 amide bonds. The van der Waals surface area contributed by atoms with Crippen molar-refractivity contribution in [3.05, 3.63) is 16.1 Å². The summed E-state index contributed by atoms with van der Waals surface area (Å²) in [5.41, 5.74) is 0. The van der Waals surface area contributed by atoms with E-state index in [4.69, 9.17) is 0 Å². The maximum atomic E-state index is 11.0. The molecular weight excluding hydrogens is 174 g/mol. The highest BCUT2D eigenvalue weighted by atomic mass is 32.1. The number of rotatable bonds is 3. The van der Waals surface area contributed by atoms with Gasteiger partial charge in [-0.15, -0.1) is 11.3 Å². The third kappa shape index (κ3) is 2.04. The molecule has 0 aliphatic heterocycles. The Kier molecular flexibility index (Phi) is 3.22. The molecule has 0 aromatic carbocycles. The number of carbonyl (C=O) groups is 1. The van der Waals surface area contributed by atoms with E-state index in [-0.39, 0.29) is 5.97 Å². The predicted octanol–water partition coefficient (Wildman–Crippen LogP) is 1.88. The van der Waals surface area contributed by atoms with Crippen molar-refractivity contribution in [3.63, 3.8) is 0 Å². The van der Waals surface area contributed by atoms with Gasteiger partial charge in [-0.2, -0.15) is 0 Å². The standard InChI is InChI=1S/C8H11NO2S/c1-3-4-7-9-5-6(12-7)8(10)11-2/h5H,3-4H2,1-2H3. The number of nitrogens with zero attached hydrogens (tertiary/aromatic N) is 1. The van der Waals surface area contributed by atoms with Gasteiger partial charge >= 0.3 is 5.97 Å². The molecule has 1 rings (SSSR count). The van der Waals surface area contributed by atoms with Gasteiger partial charge in [0.15, 0.2) is 0 Å². The highest BCUT2D eigenvalue weighted by Crippen LogP contribution is 2.14. The Morgan fingerprint density at radius 3 is 3.08 bits per heavy atom. The van der Waals surface area contributed by atoms with E-state index in [0.29, 0.717) is 4.88 Å². The van der Waals surface area contributed by atoms with Gasteiger partial charge in [0.05, 0.1) is 18.3 Å². The van der Waals surface area contributed by atoms with Crippen molar-refractivity contribution < 1.29 is 9.53 Å². The molecule has 12 heavy (non-hydrogen) atoms. The van der Waals surface area contributed by atoms with Crippen LogP contribution in [0.5, 0.6) is 0 Å². The average molecular weight is 185 g/mol. The summed E-state index contributed by atoms with van der Waals surface area (Å²) >= 11 is 1.40. The molecule has 0 bridgehead atoms. The van der Waals surface area contributed by atoms with Crippen LogP contribution in [0.25, 0.3) is 0 Å². The molecule has 1 aromatic rings. The molecule has 0 atom stereocenters. The number of hydrogen-bond acceptors (Lipinski definition) is 4. The molecule has 1 heterocycles. The highest BCUT2D eigenvalue weighted by molar-refractivity contribution is 7.13. The fraction of sp³-hybridized carbons (Fsp3) is 0.500. The normalized spacial score (nSPS) is 9.83. The summed E-state index contributed by atoms with van der Waals surface area (Å²) in [4.78, 5) is 15.7. The number of aryl methyl sites for hydroxylation is 1. The Bertz CT molecular complexity index is 270. The van der Waals surface area contributed by atoms with Crippen LogP contribution in [0.2, 0.25) is 0 Å². The molecule has 0 N–H and O–H groups in total. The fourth-order valence-corrected chi connectivity index (χ4v) is 1.77. The Morgan fingerprint density at radius 1 is 1.75 bits per heavy atom. The first-order valence-electron chi connectivity index (χ1n) is 3.81. The maximum absolute atomic E-state index is 11.0. The number of esters is 1. The van der Waals surface area contributed by atoms with Gasteiger partial charge in [-0.25, -0.2) is 9.78 Å². The number of ether oxygens (including phenoxy) is 1. The molecule has 4 heteroatoms. The van der Waals surface area contributed by atoms with Crippen molar-refractivity contribution >= 4 is 17.3 Å². The minimum absolute atomic E-state index is 0.296. The van der Waals surface area contributed by atoms with Gasteiger partial charge < -0.3 is 4.74 Å². The summed E-state index contributed by atoms with van der Waals surface area (Å²) < 4.78 is 4.56.